The Bertz CT molecular complexity index is 995. The van der Waals surface area contributed by atoms with Gasteiger partial charge >= 0.3 is 0 Å². The van der Waals surface area contributed by atoms with Gasteiger partial charge in [-0.15, -0.1) is 10.2 Å². The Balaban J connectivity index is 1.48. The van der Waals surface area contributed by atoms with Gasteiger partial charge in [-0.2, -0.15) is 0 Å². The molecule has 0 N–H and O–H groups in total. The topological polar surface area (TPSA) is 91.2 Å². The van der Waals surface area contributed by atoms with E-state index in [9.17, 15) is 4.39 Å². The van der Waals surface area contributed by atoms with Crippen LogP contribution in [0.15, 0.2) is 47.5 Å². The van der Waals surface area contributed by atoms with Crippen LogP contribution in [0, 0.1) is 0 Å². The van der Waals surface area contributed by atoms with Gasteiger partial charge in [0.05, 0.1) is 11.3 Å². The fourth-order valence-corrected chi connectivity index (χ4v) is 2.22. The van der Waals surface area contributed by atoms with Crippen LogP contribution in [-0.2, 0) is 6.61 Å². The standard InChI is InChI=1S/C16H13FN6O2/c1-10(17)14-21-22-15(25-14)11-2-3-12(20-8-11)9-24-16-13-18-4-6-23(13)7-5-19-16/h2-8,10H,9H2,1H3. The largest absolute Gasteiger partial charge is 0.469 e. The average molecular weight is 340 g/mol. The first kappa shape index (κ1) is 15.2. The Morgan fingerprint density at radius 1 is 1.16 bits per heavy atom. The first-order valence-electron chi connectivity index (χ1n) is 7.54. The van der Waals surface area contributed by atoms with Crippen LogP contribution in [0.25, 0.3) is 17.1 Å². The van der Waals surface area contributed by atoms with Crippen molar-refractivity contribution >= 4 is 5.65 Å². The molecule has 25 heavy (non-hydrogen) atoms. The predicted molar refractivity (Wildman–Crippen MR) is 84.4 cm³/mol. The Morgan fingerprint density at radius 3 is 2.72 bits per heavy atom. The summed E-state index contributed by atoms with van der Waals surface area (Å²) < 4.78 is 25.9. The number of ether oxygens (including phenoxy) is 1. The number of halogens is 1. The third-order valence-electron chi connectivity index (χ3n) is 3.49. The molecule has 126 valence electrons. The van der Waals surface area contributed by atoms with E-state index in [1.54, 1.807) is 36.9 Å². The maximum Gasteiger partial charge on any atom is 0.258 e. The van der Waals surface area contributed by atoms with Crippen molar-refractivity contribution in [2.45, 2.75) is 19.7 Å². The van der Waals surface area contributed by atoms with E-state index in [1.165, 1.54) is 6.92 Å². The summed E-state index contributed by atoms with van der Waals surface area (Å²) in [6.45, 7) is 1.57. The van der Waals surface area contributed by atoms with Crippen molar-refractivity contribution in [2.75, 3.05) is 0 Å². The molecule has 0 aromatic carbocycles. The number of imidazole rings is 1. The quantitative estimate of drug-likeness (QED) is 0.551. The summed E-state index contributed by atoms with van der Waals surface area (Å²) in [5.74, 6) is 0.599. The molecule has 4 heterocycles. The van der Waals surface area contributed by atoms with Gasteiger partial charge in [0.2, 0.25) is 5.89 Å². The van der Waals surface area contributed by atoms with Crippen LogP contribution in [0.3, 0.4) is 0 Å². The lowest BCUT2D eigenvalue weighted by molar-refractivity contribution is 0.291. The summed E-state index contributed by atoms with van der Waals surface area (Å²) in [6, 6.07) is 3.53. The zero-order chi connectivity index (χ0) is 17.2. The first-order chi connectivity index (χ1) is 12.2. The van der Waals surface area contributed by atoms with Crippen molar-refractivity contribution in [1.29, 1.82) is 0 Å². The smallest absolute Gasteiger partial charge is 0.258 e. The molecular formula is C16H13FN6O2. The normalized spacial score (nSPS) is 12.4. The van der Waals surface area contributed by atoms with Crippen LogP contribution < -0.4 is 4.74 Å². The van der Waals surface area contributed by atoms with Crippen molar-refractivity contribution in [3.63, 3.8) is 0 Å². The average Bonchev–Trinajstić information content (AvgIpc) is 3.30. The van der Waals surface area contributed by atoms with Crippen LogP contribution in [0.4, 0.5) is 4.39 Å². The molecule has 1 unspecified atom stereocenters. The van der Waals surface area contributed by atoms with Crippen LogP contribution in [0.1, 0.15) is 24.7 Å². The number of hydrogen-bond donors (Lipinski definition) is 0. The molecule has 4 aromatic heterocycles. The fraction of sp³-hybridized carbons (Fsp3) is 0.188. The lowest BCUT2D eigenvalue weighted by Crippen LogP contribution is -2.01. The molecule has 0 aliphatic carbocycles. The molecule has 9 heteroatoms. The second-order valence-corrected chi connectivity index (χ2v) is 5.28. The van der Waals surface area contributed by atoms with Crippen molar-refractivity contribution in [1.82, 2.24) is 29.5 Å². The highest BCUT2D eigenvalue weighted by atomic mass is 19.1. The fourth-order valence-electron chi connectivity index (χ4n) is 2.22. The third kappa shape index (κ3) is 3.03. The van der Waals surface area contributed by atoms with Crippen LogP contribution in [0.5, 0.6) is 5.88 Å². The number of hydrogen-bond acceptors (Lipinski definition) is 7. The lowest BCUT2D eigenvalue weighted by Gasteiger charge is -2.06. The molecule has 0 saturated carbocycles. The summed E-state index contributed by atoms with van der Waals surface area (Å²) in [7, 11) is 0. The summed E-state index contributed by atoms with van der Waals surface area (Å²) in [5.41, 5.74) is 1.94. The molecule has 0 bridgehead atoms. The van der Waals surface area contributed by atoms with E-state index < -0.39 is 6.17 Å². The number of alkyl halides is 1. The van der Waals surface area contributed by atoms with Gasteiger partial charge in [-0.3, -0.25) is 4.98 Å². The molecular weight excluding hydrogens is 327 g/mol. The molecule has 4 rings (SSSR count). The van der Waals surface area contributed by atoms with Gasteiger partial charge < -0.3 is 13.6 Å². The highest BCUT2D eigenvalue weighted by Crippen LogP contribution is 2.22. The molecule has 4 aromatic rings. The highest BCUT2D eigenvalue weighted by Gasteiger charge is 2.14. The van der Waals surface area contributed by atoms with Crippen molar-refractivity contribution in [3.05, 3.63) is 54.7 Å². The van der Waals surface area contributed by atoms with Gasteiger partial charge in [-0.25, -0.2) is 14.4 Å². The summed E-state index contributed by atoms with van der Waals surface area (Å²) in [6.07, 6.45) is 7.18. The van der Waals surface area contributed by atoms with Crippen LogP contribution in [-0.4, -0.2) is 29.5 Å². The number of pyridine rings is 1. The van der Waals surface area contributed by atoms with Gasteiger partial charge in [-0.1, -0.05) is 0 Å². The van der Waals surface area contributed by atoms with Crippen molar-refractivity contribution < 1.29 is 13.5 Å². The van der Waals surface area contributed by atoms with E-state index >= 15 is 0 Å². The van der Waals surface area contributed by atoms with Gasteiger partial charge in [0.15, 0.2) is 11.8 Å². The van der Waals surface area contributed by atoms with E-state index in [2.05, 4.69) is 25.1 Å². The van der Waals surface area contributed by atoms with E-state index in [4.69, 9.17) is 9.15 Å². The summed E-state index contributed by atoms with van der Waals surface area (Å²) in [5, 5.41) is 7.46. The number of nitrogens with zero attached hydrogens (tertiary/aromatic N) is 6. The Kier molecular flexibility index (Phi) is 3.81. The first-order valence-corrected chi connectivity index (χ1v) is 7.54. The molecule has 0 saturated heterocycles. The Labute approximate surface area is 141 Å². The molecule has 0 aliphatic heterocycles. The predicted octanol–water partition coefficient (Wildman–Crippen LogP) is 2.78. The van der Waals surface area contributed by atoms with Gasteiger partial charge in [0.25, 0.3) is 11.8 Å². The van der Waals surface area contributed by atoms with E-state index in [0.717, 1.165) is 0 Å². The zero-order valence-electron chi connectivity index (χ0n) is 13.2. The zero-order valence-corrected chi connectivity index (χ0v) is 13.2. The van der Waals surface area contributed by atoms with Crippen LogP contribution >= 0.6 is 0 Å². The molecule has 1 atom stereocenters. The molecule has 0 spiro atoms. The summed E-state index contributed by atoms with van der Waals surface area (Å²) >= 11 is 0. The number of rotatable bonds is 5. The monoisotopic (exact) mass is 340 g/mol. The maximum absolute atomic E-state index is 13.1. The van der Waals surface area contributed by atoms with E-state index in [1.807, 2.05) is 10.6 Å². The molecule has 8 nitrogen and oxygen atoms in total. The minimum Gasteiger partial charge on any atom is -0.469 e. The number of fused-ring (bicyclic) bond motifs is 1. The van der Waals surface area contributed by atoms with E-state index in [-0.39, 0.29) is 18.4 Å². The SMILES string of the molecule is CC(F)c1nnc(-c2ccc(COc3nccn4ccnc34)nc2)o1. The second kappa shape index (κ2) is 6.27. The number of aromatic nitrogens is 6. The molecule has 0 radical (unpaired) electrons. The Morgan fingerprint density at radius 2 is 2.00 bits per heavy atom. The minimum atomic E-state index is -1.31. The van der Waals surface area contributed by atoms with Crippen LogP contribution in [0.2, 0.25) is 0 Å². The van der Waals surface area contributed by atoms with Crippen molar-refractivity contribution in [2.24, 2.45) is 0 Å². The summed E-state index contributed by atoms with van der Waals surface area (Å²) in [4.78, 5) is 12.7. The van der Waals surface area contributed by atoms with E-state index in [0.29, 0.717) is 22.8 Å². The van der Waals surface area contributed by atoms with Crippen molar-refractivity contribution in [3.8, 4) is 17.3 Å². The molecule has 0 fully saturated rings. The van der Waals surface area contributed by atoms with Gasteiger partial charge in [0, 0.05) is 31.0 Å². The molecule has 0 aliphatic rings. The third-order valence-corrected chi connectivity index (χ3v) is 3.49. The molecule has 0 amide bonds. The Hall–Kier alpha value is -3.36. The second-order valence-electron chi connectivity index (χ2n) is 5.28. The maximum atomic E-state index is 13.1. The minimum absolute atomic E-state index is 0.0544. The highest BCUT2D eigenvalue weighted by molar-refractivity contribution is 5.51. The van der Waals surface area contributed by atoms with Gasteiger partial charge in [0.1, 0.15) is 6.61 Å². The van der Waals surface area contributed by atoms with Gasteiger partial charge in [-0.05, 0) is 19.1 Å². The lowest BCUT2D eigenvalue weighted by atomic mass is 10.2.